The Kier molecular flexibility index (Phi) is 7.17. The van der Waals surface area contributed by atoms with Crippen molar-refractivity contribution in [2.45, 2.75) is 62.9 Å². The summed E-state index contributed by atoms with van der Waals surface area (Å²) < 4.78 is 1.78. The van der Waals surface area contributed by atoms with Crippen LogP contribution in [0.2, 0.25) is 0 Å². The molecule has 0 fully saturated rings. The summed E-state index contributed by atoms with van der Waals surface area (Å²) >= 11 is 1.42. The van der Waals surface area contributed by atoms with Crippen LogP contribution in [0, 0.1) is 5.92 Å². The van der Waals surface area contributed by atoms with E-state index >= 15 is 0 Å². The van der Waals surface area contributed by atoms with Crippen LogP contribution in [0.1, 0.15) is 46.0 Å². The van der Waals surface area contributed by atoms with Gasteiger partial charge in [0.25, 0.3) is 5.56 Å². The lowest BCUT2D eigenvalue weighted by molar-refractivity contribution is -0.128. The average Bonchev–Trinajstić information content (AvgIpc) is 2.71. The molecule has 1 aliphatic rings. The highest BCUT2D eigenvalue weighted by atomic mass is 32.2. The topological polar surface area (TPSA) is 55.2 Å². The third kappa shape index (κ3) is 5.10. The minimum absolute atomic E-state index is 0.0192. The standard InChI is InChI=1S/C23H31N3O2S/c1-16(2)20(22(28)25(3)4)29-23-24-19-13-9-8-12-18(19)21(27)26(23)15-14-17-10-6-5-7-11-17/h8-10,12-13,16,20H,5-7,11,14-15H2,1-4H3. The number of amides is 1. The molecule has 0 N–H and O–H groups in total. The number of aromatic nitrogens is 2. The van der Waals surface area contributed by atoms with Gasteiger partial charge in [0.05, 0.1) is 16.2 Å². The Morgan fingerprint density at radius 1 is 1.24 bits per heavy atom. The van der Waals surface area contributed by atoms with Crippen LogP contribution in [0.15, 0.2) is 45.9 Å². The summed E-state index contributed by atoms with van der Waals surface area (Å²) in [6, 6.07) is 7.47. The van der Waals surface area contributed by atoms with Gasteiger partial charge in [0.15, 0.2) is 5.16 Å². The number of carbonyl (C=O) groups is 1. The molecule has 1 unspecified atom stereocenters. The summed E-state index contributed by atoms with van der Waals surface area (Å²) in [4.78, 5) is 32.4. The molecule has 6 heteroatoms. The first-order valence-electron chi connectivity index (χ1n) is 10.4. The van der Waals surface area contributed by atoms with E-state index in [1.54, 1.807) is 23.6 Å². The zero-order valence-electron chi connectivity index (χ0n) is 17.9. The number of hydrogen-bond acceptors (Lipinski definition) is 4. The van der Waals surface area contributed by atoms with E-state index in [1.165, 1.54) is 30.2 Å². The molecular weight excluding hydrogens is 382 g/mol. The smallest absolute Gasteiger partial charge is 0.262 e. The lowest BCUT2D eigenvalue weighted by atomic mass is 9.97. The highest BCUT2D eigenvalue weighted by Gasteiger charge is 2.27. The van der Waals surface area contributed by atoms with E-state index in [-0.39, 0.29) is 22.6 Å². The molecule has 156 valence electrons. The third-order valence-electron chi connectivity index (χ3n) is 5.39. The van der Waals surface area contributed by atoms with Crippen LogP contribution in [0.4, 0.5) is 0 Å². The molecule has 5 nitrogen and oxygen atoms in total. The maximum atomic E-state index is 13.3. The molecule has 0 spiro atoms. The minimum atomic E-state index is -0.279. The molecular formula is C23H31N3O2S. The summed E-state index contributed by atoms with van der Waals surface area (Å²) in [7, 11) is 3.55. The van der Waals surface area contributed by atoms with Gasteiger partial charge in [-0.3, -0.25) is 14.2 Å². The monoisotopic (exact) mass is 413 g/mol. The van der Waals surface area contributed by atoms with E-state index in [2.05, 4.69) is 6.08 Å². The first-order valence-corrected chi connectivity index (χ1v) is 11.3. The molecule has 1 aromatic heterocycles. The number of hydrogen-bond donors (Lipinski definition) is 0. The quantitative estimate of drug-likeness (QED) is 0.381. The number of allylic oxidation sites excluding steroid dienone is 2. The first-order chi connectivity index (χ1) is 13.9. The largest absolute Gasteiger partial charge is 0.348 e. The summed E-state index contributed by atoms with van der Waals surface area (Å²) in [6.07, 6.45) is 7.92. The van der Waals surface area contributed by atoms with Crippen molar-refractivity contribution < 1.29 is 4.79 Å². The van der Waals surface area contributed by atoms with Crippen LogP contribution in [-0.4, -0.2) is 39.7 Å². The molecule has 0 aliphatic heterocycles. The zero-order valence-corrected chi connectivity index (χ0v) is 18.7. The van der Waals surface area contributed by atoms with Crippen molar-refractivity contribution in [2.24, 2.45) is 5.92 Å². The van der Waals surface area contributed by atoms with Crippen LogP contribution in [0.3, 0.4) is 0 Å². The van der Waals surface area contributed by atoms with Crippen molar-refractivity contribution in [2.75, 3.05) is 14.1 Å². The van der Waals surface area contributed by atoms with Gasteiger partial charge in [0.1, 0.15) is 0 Å². The Bertz CT molecular complexity index is 962. The third-order valence-corrected chi connectivity index (χ3v) is 6.91. The van der Waals surface area contributed by atoms with Gasteiger partial charge < -0.3 is 4.90 Å². The SMILES string of the molecule is CC(C)C(Sc1nc2ccccc2c(=O)n1CCC1=CCCCC1)C(=O)N(C)C. The van der Waals surface area contributed by atoms with Crippen LogP contribution in [-0.2, 0) is 11.3 Å². The van der Waals surface area contributed by atoms with Crippen molar-refractivity contribution in [1.82, 2.24) is 14.5 Å². The Balaban J connectivity index is 2.00. The Morgan fingerprint density at radius 2 is 2.00 bits per heavy atom. The highest BCUT2D eigenvalue weighted by molar-refractivity contribution is 8.00. The van der Waals surface area contributed by atoms with E-state index in [9.17, 15) is 9.59 Å². The fourth-order valence-electron chi connectivity index (χ4n) is 3.66. The molecule has 0 saturated carbocycles. The molecule has 3 rings (SSSR count). The van der Waals surface area contributed by atoms with Gasteiger partial charge in [-0.25, -0.2) is 4.98 Å². The molecule has 1 amide bonds. The maximum absolute atomic E-state index is 13.3. The predicted octanol–water partition coefficient (Wildman–Crippen LogP) is 4.49. The lowest BCUT2D eigenvalue weighted by Gasteiger charge is -2.24. The normalized spacial score (nSPS) is 15.4. The first kappa shape index (κ1) is 21.6. The van der Waals surface area contributed by atoms with Crippen molar-refractivity contribution >= 4 is 28.6 Å². The summed E-state index contributed by atoms with van der Waals surface area (Å²) in [5.41, 5.74) is 2.10. The minimum Gasteiger partial charge on any atom is -0.348 e. The van der Waals surface area contributed by atoms with Crippen LogP contribution >= 0.6 is 11.8 Å². The molecule has 1 atom stereocenters. The van der Waals surface area contributed by atoms with E-state index in [0.29, 0.717) is 22.6 Å². The van der Waals surface area contributed by atoms with Crippen LogP contribution < -0.4 is 5.56 Å². The van der Waals surface area contributed by atoms with Gasteiger partial charge in [-0.15, -0.1) is 0 Å². The Hall–Kier alpha value is -2.08. The number of para-hydroxylation sites is 1. The van der Waals surface area contributed by atoms with E-state index in [1.807, 2.05) is 38.1 Å². The van der Waals surface area contributed by atoms with Gasteiger partial charge in [-0.2, -0.15) is 0 Å². The molecule has 1 aliphatic carbocycles. The van der Waals surface area contributed by atoms with Crippen molar-refractivity contribution in [1.29, 1.82) is 0 Å². The number of fused-ring (bicyclic) bond motifs is 1. The van der Waals surface area contributed by atoms with Gasteiger partial charge in [0, 0.05) is 20.6 Å². The van der Waals surface area contributed by atoms with Crippen molar-refractivity contribution in [3.05, 3.63) is 46.3 Å². The molecule has 0 radical (unpaired) electrons. The lowest BCUT2D eigenvalue weighted by Crippen LogP contribution is -2.36. The fourth-order valence-corrected chi connectivity index (χ4v) is 4.93. The second-order valence-corrected chi connectivity index (χ2v) is 9.35. The molecule has 2 aromatic rings. The second-order valence-electron chi connectivity index (χ2n) is 8.24. The van der Waals surface area contributed by atoms with Crippen molar-refractivity contribution in [3.63, 3.8) is 0 Å². The average molecular weight is 414 g/mol. The number of carbonyl (C=O) groups excluding carboxylic acids is 1. The molecule has 0 bridgehead atoms. The number of thioether (sulfide) groups is 1. The summed E-state index contributed by atoms with van der Waals surface area (Å²) in [5.74, 6) is 0.182. The Morgan fingerprint density at radius 3 is 2.66 bits per heavy atom. The predicted molar refractivity (Wildman–Crippen MR) is 120 cm³/mol. The number of nitrogens with zero attached hydrogens (tertiary/aromatic N) is 3. The van der Waals surface area contributed by atoms with Gasteiger partial charge >= 0.3 is 0 Å². The van der Waals surface area contributed by atoms with E-state index < -0.39 is 0 Å². The second kappa shape index (κ2) is 9.61. The van der Waals surface area contributed by atoms with Crippen LogP contribution in [0.25, 0.3) is 10.9 Å². The fraction of sp³-hybridized carbons (Fsp3) is 0.522. The summed E-state index contributed by atoms with van der Waals surface area (Å²) in [5, 5.41) is 0.992. The number of benzene rings is 1. The van der Waals surface area contributed by atoms with Gasteiger partial charge in [0.2, 0.25) is 5.91 Å². The summed E-state index contributed by atoms with van der Waals surface area (Å²) in [6.45, 7) is 4.68. The highest BCUT2D eigenvalue weighted by Crippen LogP contribution is 2.29. The van der Waals surface area contributed by atoms with Crippen LogP contribution in [0.5, 0.6) is 0 Å². The van der Waals surface area contributed by atoms with Crippen molar-refractivity contribution in [3.8, 4) is 0 Å². The van der Waals surface area contributed by atoms with E-state index in [0.717, 1.165) is 19.3 Å². The molecule has 1 heterocycles. The number of rotatable bonds is 7. The molecule has 29 heavy (non-hydrogen) atoms. The maximum Gasteiger partial charge on any atom is 0.262 e. The van der Waals surface area contributed by atoms with Gasteiger partial charge in [-0.1, -0.05) is 49.4 Å². The zero-order chi connectivity index (χ0) is 21.0. The molecule has 0 saturated heterocycles. The Labute approximate surface area is 177 Å². The molecule has 1 aromatic carbocycles. The van der Waals surface area contributed by atoms with E-state index in [4.69, 9.17) is 4.98 Å². The van der Waals surface area contributed by atoms with Gasteiger partial charge in [-0.05, 0) is 50.2 Å².